The maximum Gasteiger partial charge on any atom is 0.352 e. The first-order valence-electron chi connectivity index (χ1n) is 5.92. The number of carboxylic acids is 1. The van der Waals surface area contributed by atoms with Crippen LogP contribution in [0.15, 0.2) is 31.0 Å². The molecule has 18 heavy (non-hydrogen) atoms. The van der Waals surface area contributed by atoms with Gasteiger partial charge in [-0.25, -0.2) is 4.79 Å². The average Bonchev–Trinajstić information content (AvgIpc) is 3.05. The second-order valence-electron chi connectivity index (χ2n) is 4.39. The molecule has 1 saturated carbocycles. The third-order valence-electron chi connectivity index (χ3n) is 2.99. The topological polar surface area (TPSA) is 62.5 Å². The zero-order valence-corrected chi connectivity index (χ0v) is 10.1. The van der Waals surface area contributed by atoms with Gasteiger partial charge in [0.2, 0.25) is 5.91 Å². The molecule has 0 aromatic carbocycles. The van der Waals surface area contributed by atoms with Crippen LogP contribution in [0.25, 0.3) is 0 Å². The molecule has 0 unspecified atom stereocenters. The summed E-state index contributed by atoms with van der Waals surface area (Å²) in [4.78, 5) is 24.8. The summed E-state index contributed by atoms with van der Waals surface area (Å²) in [6, 6.07) is 3.43. The van der Waals surface area contributed by atoms with E-state index in [9.17, 15) is 9.59 Å². The molecule has 2 rings (SSSR count). The Morgan fingerprint density at radius 2 is 2.28 bits per heavy atom. The number of carbonyl (C=O) groups excluding carboxylic acids is 1. The van der Waals surface area contributed by atoms with Gasteiger partial charge >= 0.3 is 5.97 Å². The molecule has 1 amide bonds. The highest BCUT2D eigenvalue weighted by atomic mass is 16.4. The van der Waals surface area contributed by atoms with E-state index in [0.29, 0.717) is 12.6 Å². The van der Waals surface area contributed by atoms with Crippen molar-refractivity contribution >= 4 is 11.9 Å². The highest BCUT2D eigenvalue weighted by Gasteiger charge is 2.31. The summed E-state index contributed by atoms with van der Waals surface area (Å²) >= 11 is 0. The Hall–Kier alpha value is -2.04. The van der Waals surface area contributed by atoms with Crippen molar-refractivity contribution in [2.75, 3.05) is 6.54 Å². The van der Waals surface area contributed by atoms with Crippen LogP contribution in [-0.2, 0) is 11.3 Å². The monoisotopic (exact) mass is 248 g/mol. The quantitative estimate of drug-likeness (QED) is 0.773. The molecule has 1 aromatic rings. The first-order chi connectivity index (χ1) is 8.63. The molecule has 1 fully saturated rings. The predicted molar refractivity (Wildman–Crippen MR) is 66.3 cm³/mol. The fraction of sp³-hybridized carbons (Fsp3) is 0.385. The second kappa shape index (κ2) is 5.08. The van der Waals surface area contributed by atoms with Crippen molar-refractivity contribution in [3.63, 3.8) is 0 Å². The van der Waals surface area contributed by atoms with Crippen molar-refractivity contribution in [1.29, 1.82) is 0 Å². The smallest absolute Gasteiger partial charge is 0.352 e. The number of amides is 1. The van der Waals surface area contributed by atoms with Crippen molar-refractivity contribution < 1.29 is 14.7 Å². The van der Waals surface area contributed by atoms with Crippen LogP contribution < -0.4 is 0 Å². The number of hydrogen-bond donors (Lipinski definition) is 1. The molecule has 5 heteroatoms. The zero-order valence-electron chi connectivity index (χ0n) is 10.1. The highest BCUT2D eigenvalue weighted by Crippen LogP contribution is 2.27. The summed E-state index contributed by atoms with van der Waals surface area (Å²) in [5, 5.41) is 8.97. The van der Waals surface area contributed by atoms with E-state index >= 15 is 0 Å². The van der Waals surface area contributed by atoms with Crippen molar-refractivity contribution in [3.8, 4) is 0 Å². The van der Waals surface area contributed by atoms with Crippen LogP contribution in [0.4, 0.5) is 0 Å². The Bertz CT molecular complexity index is 474. The third-order valence-corrected chi connectivity index (χ3v) is 2.99. The van der Waals surface area contributed by atoms with Crippen molar-refractivity contribution in [2.24, 2.45) is 0 Å². The SMILES string of the molecule is C=CCN(C(=O)Cn1cccc1C(=O)O)C1CC1. The molecule has 0 atom stereocenters. The Labute approximate surface area is 105 Å². The standard InChI is InChI=1S/C13H16N2O3/c1-2-7-15(10-5-6-10)12(16)9-14-8-3-4-11(14)13(17)18/h2-4,8,10H,1,5-7,9H2,(H,17,18). The minimum atomic E-state index is -1.02. The van der Waals surface area contributed by atoms with E-state index in [-0.39, 0.29) is 18.1 Å². The molecule has 1 aromatic heterocycles. The van der Waals surface area contributed by atoms with Crippen molar-refractivity contribution in [3.05, 3.63) is 36.7 Å². The van der Waals surface area contributed by atoms with Crippen molar-refractivity contribution in [1.82, 2.24) is 9.47 Å². The van der Waals surface area contributed by atoms with Gasteiger partial charge in [-0.1, -0.05) is 6.08 Å². The molecule has 0 spiro atoms. The van der Waals surface area contributed by atoms with Crippen LogP contribution >= 0.6 is 0 Å². The van der Waals surface area contributed by atoms with Crippen molar-refractivity contribution in [2.45, 2.75) is 25.4 Å². The van der Waals surface area contributed by atoms with E-state index in [2.05, 4.69) is 6.58 Å². The fourth-order valence-electron chi connectivity index (χ4n) is 1.96. The zero-order chi connectivity index (χ0) is 13.1. The maximum absolute atomic E-state index is 12.1. The molecule has 1 aliphatic carbocycles. The first kappa shape index (κ1) is 12.4. The lowest BCUT2D eigenvalue weighted by Gasteiger charge is -2.21. The largest absolute Gasteiger partial charge is 0.477 e. The summed E-state index contributed by atoms with van der Waals surface area (Å²) in [5.74, 6) is -1.08. The van der Waals surface area contributed by atoms with Gasteiger partial charge in [0, 0.05) is 18.8 Å². The molecule has 1 N–H and O–H groups in total. The van der Waals surface area contributed by atoms with Gasteiger partial charge in [-0.2, -0.15) is 0 Å². The Balaban J connectivity index is 2.07. The summed E-state index contributed by atoms with van der Waals surface area (Å²) < 4.78 is 1.46. The van der Waals surface area contributed by atoms with Gasteiger partial charge in [0.25, 0.3) is 0 Å². The lowest BCUT2D eigenvalue weighted by atomic mass is 10.4. The van der Waals surface area contributed by atoms with E-state index in [4.69, 9.17) is 5.11 Å². The molecule has 1 heterocycles. The lowest BCUT2D eigenvalue weighted by molar-refractivity contribution is -0.131. The van der Waals surface area contributed by atoms with E-state index in [1.165, 1.54) is 10.6 Å². The maximum atomic E-state index is 12.1. The number of carboxylic acid groups (broad SMARTS) is 1. The van der Waals surface area contributed by atoms with Crippen LogP contribution in [0.1, 0.15) is 23.3 Å². The predicted octanol–water partition coefficient (Wildman–Crippen LogP) is 1.36. The van der Waals surface area contributed by atoms with Gasteiger partial charge in [0.05, 0.1) is 0 Å². The molecule has 0 aliphatic heterocycles. The molecule has 0 saturated heterocycles. The van der Waals surface area contributed by atoms with E-state index in [1.807, 2.05) is 0 Å². The summed E-state index contributed by atoms with van der Waals surface area (Å²) in [6.45, 7) is 4.23. The van der Waals surface area contributed by atoms with E-state index in [0.717, 1.165) is 12.8 Å². The Kier molecular flexibility index (Phi) is 3.50. The Morgan fingerprint density at radius 1 is 1.56 bits per heavy atom. The van der Waals surface area contributed by atoms with E-state index < -0.39 is 5.97 Å². The van der Waals surface area contributed by atoms with Crippen LogP contribution in [0.2, 0.25) is 0 Å². The van der Waals surface area contributed by atoms with Gasteiger partial charge < -0.3 is 14.6 Å². The van der Waals surface area contributed by atoms with Crippen LogP contribution in [0.3, 0.4) is 0 Å². The van der Waals surface area contributed by atoms with Gasteiger partial charge in [0.15, 0.2) is 0 Å². The summed E-state index contributed by atoms with van der Waals surface area (Å²) in [6.07, 6.45) is 5.36. The number of aromatic carboxylic acids is 1. The normalized spacial score (nSPS) is 14.2. The molecule has 96 valence electrons. The lowest BCUT2D eigenvalue weighted by Crippen LogP contribution is -2.36. The number of rotatable bonds is 6. The van der Waals surface area contributed by atoms with E-state index in [1.54, 1.807) is 23.2 Å². The Morgan fingerprint density at radius 3 is 2.83 bits per heavy atom. The van der Waals surface area contributed by atoms with Crippen LogP contribution in [0.5, 0.6) is 0 Å². The third kappa shape index (κ3) is 2.61. The fourth-order valence-corrected chi connectivity index (χ4v) is 1.96. The van der Waals surface area contributed by atoms with Crippen LogP contribution in [0, 0.1) is 0 Å². The van der Waals surface area contributed by atoms with Gasteiger partial charge in [-0.05, 0) is 25.0 Å². The molecule has 1 aliphatic rings. The first-order valence-corrected chi connectivity index (χ1v) is 5.92. The summed E-state index contributed by atoms with van der Waals surface area (Å²) in [7, 11) is 0. The van der Waals surface area contributed by atoms with Gasteiger partial charge in [-0.15, -0.1) is 6.58 Å². The second-order valence-corrected chi connectivity index (χ2v) is 4.39. The van der Waals surface area contributed by atoms with Gasteiger partial charge in [-0.3, -0.25) is 4.79 Å². The summed E-state index contributed by atoms with van der Waals surface area (Å²) in [5.41, 5.74) is 0.137. The highest BCUT2D eigenvalue weighted by molar-refractivity contribution is 5.87. The minimum absolute atomic E-state index is 0.0592. The molecule has 5 nitrogen and oxygen atoms in total. The number of aromatic nitrogens is 1. The number of nitrogens with zero attached hydrogens (tertiary/aromatic N) is 2. The van der Waals surface area contributed by atoms with Crippen LogP contribution in [-0.4, -0.2) is 39.0 Å². The van der Waals surface area contributed by atoms with Gasteiger partial charge in [0.1, 0.15) is 12.2 Å². The molecular formula is C13H16N2O3. The number of hydrogen-bond acceptors (Lipinski definition) is 2. The molecular weight excluding hydrogens is 232 g/mol. The molecule has 0 bridgehead atoms. The molecule has 0 radical (unpaired) electrons. The number of carbonyl (C=O) groups is 2. The minimum Gasteiger partial charge on any atom is -0.477 e. The average molecular weight is 248 g/mol.